The highest BCUT2D eigenvalue weighted by Crippen LogP contribution is 2.25. The van der Waals surface area contributed by atoms with Gasteiger partial charge in [-0.05, 0) is 47.5 Å². The summed E-state index contributed by atoms with van der Waals surface area (Å²) in [4.78, 5) is 12.4. The molecule has 0 radical (unpaired) electrons. The summed E-state index contributed by atoms with van der Waals surface area (Å²) in [6.45, 7) is 0.464. The van der Waals surface area contributed by atoms with Crippen LogP contribution in [-0.2, 0) is 11.4 Å². The number of nitriles is 1. The molecule has 144 valence electrons. The van der Waals surface area contributed by atoms with E-state index in [1.165, 1.54) is 12.1 Å². The van der Waals surface area contributed by atoms with Crippen molar-refractivity contribution in [2.75, 3.05) is 5.32 Å². The Hall–Kier alpha value is -3.26. The third-order valence-corrected chi connectivity index (χ3v) is 4.72. The van der Waals surface area contributed by atoms with E-state index in [4.69, 9.17) is 27.9 Å². The fourth-order valence-corrected chi connectivity index (χ4v) is 2.79. The highest BCUT2D eigenvalue weighted by atomic mass is 35.5. The lowest BCUT2D eigenvalue weighted by molar-refractivity contribution is -0.112. The van der Waals surface area contributed by atoms with Gasteiger partial charge in [-0.3, -0.25) is 4.79 Å². The quantitative estimate of drug-likeness (QED) is 0.384. The van der Waals surface area contributed by atoms with Gasteiger partial charge in [-0.25, -0.2) is 0 Å². The summed E-state index contributed by atoms with van der Waals surface area (Å²) in [6, 6.07) is 23.6. The van der Waals surface area contributed by atoms with Gasteiger partial charge in [0.2, 0.25) is 0 Å². The first-order chi connectivity index (χ1) is 14.0. The number of benzene rings is 3. The third kappa shape index (κ3) is 5.86. The number of amides is 1. The van der Waals surface area contributed by atoms with Crippen LogP contribution < -0.4 is 10.1 Å². The highest BCUT2D eigenvalue weighted by Gasteiger charge is 2.10. The van der Waals surface area contributed by atoms with E-state index in [2.05, 4.69) is 5.32 Å². The van der Waals surface area contributed by atoms with E-state index in [9.17, 15) is 10.1 Å². The Morgan fingerprint density at radius 1 is 1.00 bits per heavy atom. The van der Waals surface area contributed by atoms with Crippen LogP contribution in [0.25, 0.3) is 6.08 Å². The Bertz CT molecular complexity index is 1070. The first kappa shape index (κ1) is 20.5. The van der Waals surface area contributed by atoms with Crippen LogP contribution in [0, 0.1) is 11.3 Å². The van der Waals surface area contributed by atoms with E-state index < -0.39 is 5.91 Å². The number of hydrogen-bond donors (Lipinski definition) is 1. The molecule has 0 atom stereocenters. The van der Waals surface area contributed by atoms with Crippen LogP contribution in [0.15, 0.2) is 78.4 Å². The number of carbonyl (C=O) groups excluding carboxylic acids is 1. The Balaban J connectivity index is 1.65. The average Bonchev–Trinajstić information content (AvgIpc) is 2.74. The molecule has 4 nitrogen and oxygen atoms in total. The summed E-state index contributed by atoms with van der Waals surface area (Å²) in [5.74, 6) is 0.167. The van der Waals surface area contributed by atoms with E-state index in [1.807, 2.05) is 36.4 Å². The van der Waals surface area contributed by atoms with Crippen molar-refractivity contribution in [1.29, 1.82) is 5.26 Å². The van der Waals surface area contributed by atoms with Gasteiger partial charge in [0.15, 0.2) is 0 Å². The van der Waals surface area contributed by atoms with Crippen molar-refractivity contribution in [2.24, 2.45) is 0 Å². The summed E-state index contributed by atoms with van der Waals surface area (Å²) in [5.41, 5.74) is 2.20. The van der Waals surface area contributed by atoms with Gasteiger partial charge in [0.25, 0.3) is 5.91 Å². The molecule has 3 rings (SSSR count). The molecule has 29 heavy (non-hydrogen) atoms. The topological polar surface area (TPSA) is 62.1 Å². The number of halogens is 2. The zero-order valence-corrected chi connectivity index (χ0v) is 16.7. The highest BCUT2D eigenvalue weighted by molar-refractivity contribution is 6.42. The molecule has 3 aromatic carbocycles. The molecule has 0 saturated carbocycles. The van der Waals surface area contributed by atoms with Crippen molar-refractivity contribution >= 4 is 40.9 Å². The Kier molecular flexibility index (Phi) is 6.91. The largest absolute Gasteiger partial charge is 0.489 e. The van der Waals surface area contributed by atoms with Crippen LogP contribution in [0.1, 0.15) is 11.1 Å². The molecule has 0 aromatic heterocycles. The predicted octanol–water partition coefficient (Wildman–Crippen LogP) is 6.12. The summed E-state index contributed by atoms with van der Waals surface area (Å²) < 4.78 is 5.74. The molecular formula is C23H16Cl2N2O2. The fourth-order valence-electron chi connectivity index (χ4n) is 2.49. The van der Waals surface area contributed by atoms with E-state index in [0.29, 0.717) is 33.7 Å². The van der Waals surface area contributed by atoms with Crippen LogP contribution in [0.2, 0.25) is 10.0 Å². The lowest BCUT2D eigenvalue weighted by Crippen LogP contribution is -2.13. The van der Waals surface area contributed by atoms with Crippen molar-refractivity contribution in [1.82, 2.24) is 0 Å². The standard InChI is InChI=1S/C23H16Cl2N2O2/c24-21-11-8-19(13-22(21)25)27-23(28)18(14-26)12-16-6-9-20(10-7-16)29-15-17-4-2-1-3-5-17/h1-13H,15H2,(H,27,28)/b18-12-. The Morgan fingerprint density at radius 2 is 1.72 bits per heavy atom. The Morgan fingerprint density at radius 3 is 2.38 bits per heavy atom. The monoisotopic (exact) mass is 422 g/mol. The lowest BCUT2D eigenvalue weighted by Gasteiger charge is -2.07. The molecule has 0 fully saturated rings. The maximum Gasteiger partial charge on any atom is 0.266 e. The number of anilines is 1. The van der Waals surface area contributed by atoms with Gasteiger partial charge in [-0.1, -0.05) is 65.7 Å². The number of nitrogens with zero attached hydrogens (tertiary/aromatic N) is 1. The zero-order valence-electron chi connectivity index (χ0n) is 15.2. The minimum absolute atomic E-state index is 0.0333. The molecule has 3 aromatic rings. The van der Waals surface area contributed by atoms with Crippen molar-refractivity contribution in [3.8, 4) is 11.8 Å². The molecule has 0 unspecified atom stereocenters. The maximum atomic E-state index is 12.4. The first-order valence-corrected chi connectivity index (χ1v) is 9.46. The smallest absolute Gasteiger partial charge is 0.266 e. The van der Waals surface area contributed by atoms with Crippen LogP contribution in [0.4, 0.5) is 5.69 Å². The molecule has 0 bridgehead atoms. The van der Waals surface area contributed by atoms with Crippen molar-refractivity contribution in [2.45, 2.75) is 6.61 Å². The molecule has 0 aliphatic carbocycles. The second kappa shape index (κ2) is 9.79. The summed E-state index contributed by atoms with van der Waals surface area (Å²) in [5, 5.41) is 12.7. The van der Waals surface area contributed by atoms with Crippen LogP contribution in [0.5, 0.6) is 5.75 Å². The molecule has 0 spiro atoms. The van der Waals surface area contributed by atoms with Crippen LogP contribution in [0.3, 0.4) is 0 Å². The molecule has 1 amide bonds. The number of ether oxygens (including phenoxy) is 1. The van der Waals surface area contributed by atoms with E-state index in [1.54, 1.807) is 36.4 Å². The third-order valence-electron chi connectivity index (χ3n) is 3.98. The van der Waals surface area contributed by atoms with Gasteiger partial charge in [0, 0.05) is 5.69 Å². The van der Waals surface area contributed by atoms with Gasteiger partial charge < -0.3 is 10.1 Å². The van der Waals surface area contributed by atoms with E-state index >= 15 is 0 Å². The van der Waals surface area contributed by atoms with E-state index in [-0.39, 0.29) is 5.57 Å². The molecular weight excluding hydrogens is 407 g/mol. The number of hydrogen-bond acceptors (Lipinski definition) is 3. The van der Waals surface area contributed by atoms with Crippen molar-refractivity contribution in [3.63, 3.8) is 0 Å². The fraction of sp³-hybridized carbons (Fsp3) is 0.0435. The normalized spacial score (nSPS) is 10.9. The van der Waals surface area contributed by atoms with Gasteiger partial charge in [-0.15, -0.1) is 0 Å². The molecule has 0 saturated heterocycles. The number of nitrogens with one attached hydrogen (secondary N) is 1. The minimum Gasteiger partial charge on any atom is -0.489 e. The van der Waals surface area contributed by atoms with Crippen LogP contribution >= 0.6 is 23.2 Å². The molecule has 6 heteroatoms. The summed E-state index contributed by atoms with van der Waals surface area (Å²) in [6.07, 6.45) is 1.51. The lowest BCUT2D eigenvalue weighted by atomic mass is 10.1. The molecule has 0 aliphatic rings. The zero-order chi connectivity index (χ0) is 20.6. The summed E-state index contributed by atoms with van der Waals surface area (Å²) >= 11 is 11.8. The molecule has 1 N–H and O–H groups in total. The average molecular weight is 423 g/mol. The minimum atomic E-state index is -0.532. The predicted molar refractivity (Wildman–Crippen MR) is 116 cm³/mol. The van der Waals surface area contributed by atoms with Gasteiger partial charge >= 0.3 is 0 Å². The summed E-state index contributed by atoms with van der Waals surface area (Å²) in [7, 11) is 0. The van der Waals surface area contributed by atoms with Crippen LogP contribution in [-0.4, -0.2) is 5.91 Å². The van der Waals surface area contributed by atoms with Crippen molar-refractivity contribution < 1.29 is 9.53 Å². The number of carbonyl (C=O) groups is 1. The Labute approximate surface area is 179 Å². The molecule has 0 heterocycles. The number of rotatable bonds is 6. The second-order valence-electron chi connectivity index (χ2n) is 6.10. The maximum absolute atomic E-state index is 12.4. The van der Waals surface area contributed by atoms with Gasteiger partial charge in [-0.2, -0.15) is 5.26 Å². The SMILES string of the molecule is N#C/C(=C/c1ccc(OCc2ccccc2)cc1)C(=O)Nc1ccc(Cl)c(Cl)c1. The first-order valence-electron chi connectivity index (χ1n) is 8.70. The van der Waals surface area contributed by atoms with E-state index in [0.717, 1.165) is 5.56 Å². The molecule has 0 aliphatic heterocycles. The second-order valence-corrected chi connectivity index (χ2v) is 6.91. The van der Waals surface area contributed by atoms with Gasteiger partial charge in [0.05, 0.1) is 10.0 Å². The van der Waals surface area contributed by atoms with Crippen molar-refractivity contribution in [3.05, 3.63) is 99.5 Å². The van der Waals surface area contributed by atoms with Gasteiger partial charge in [0.1, 0.15) is 24.0 Å².